The van der Waals surface area contributed by atoms with Gasteiger partial charge in [-0.15, -0.1) is 0 Å². The average Bonchev–Trinajstić information content (AvgIpc) is 2.84. The van der Waals surface area contributed by atoms with Crippen molar-refractivity contribution in [3.63, 3.8) is 0 Å². The van der Waals surface area contributed by atoms with Crippen molar-refractivity contribution in [2.75, 3.05) is 13.2 Å². The molecule has 2 N–H and O–H groups in total. The number of halogens is 1. The van der Waals surface area contributed by atoms with Gasteiger partial charge in [-0.1, -0.05) is 34.8 Å². The first kappa shape index (κ1) is 15.3. The molecule has 0 radical (unpaired) electrons. The minimum Gasteiger partial charge on any atom is -0.493 e. The van der Waals surface area contributed by atoms with Crippen LogP contribution in [0.15, 0.2) is 28.7 Å². The normalized spacial score (nSPS) is 16.9. The Balaban J connectivity index is 1.65. The third-order valence-electron chi connectivity index (χ3n) is 3.54. The van der Waals surface area contributed by atoms with Gasteiger partial charge in [-0.25, -0.2) is 0 Å². The highest BCUT2D eigenvalue weighted by Crippen LogP contribution is 2.28. The number of ether oxygens (including phenoxy) is 1. The Morgan fingerprint density at radius 1 is 1.40 bits per heavy atom. The quantitative estimate of drug-likeness (QED) is 0.836. The van der Waals surface area contributed by atoms with Crippen molar-refractivity contribution in [1.29, 1.82) is 0 Å². The summed E-state index contributed by atoms with van der Waals surface area (Å²) < 4.78 is 6.45. The van der Waals surface area contributed by atoms with Gasteiger partial charge in [0.05, 0.1) is 18.6 Å². The van der Waals surface area contributed by atoms with Gasteiger partial charge in [0.15, 0.2) is 0 Å². The summed E-state index contributed by atoms with van der Waals surface area (Å²) in [6.07, 6.45) is 3.93. The SMILES string of the molecule is O=C(CCOc1cccc(Br)c1)NCC1(O)CCCC1. The van der Waals surface area contributed by atoms with E-state index in [0.717, 1.165) is 35.9 Å². The molecule has 20 heavy (non-hydrogen) atoms. The molecule has 0 unspecified atom stereocenters. The van der Waals surface area contributed by atoms with Crippen LogP contribution in [-0.4, -0.2) is 29.8 Å². The molecule has 1 aliphatic rings. The highest BCUT2D eigenvalue weighted by atomic mass is 79.9. The third-order valence-corrected chi connectivity index (χ3v) is 4.04. The number of carbonyl (C=O) groups excluding carboxylic acids is 1. The van der Waals surface area contributed by atoms with Gasteiger partial charge < -0.3 is 15.2 Å². The van der Waals surface area contributed by atoms with Gasteiger partial charge in [-0.2, -0.15) is 0 Å². The van der Waals surface area contributed by atoms with E-state index in [2.05, 4.69) is 21.2 Å². The van der Waals surface area contributed by atoms with Crippen LogP contribution in [0, 0.1) is 0 Å². The van der Waals surface area contributed by atoms with Gasteiger partial charge >= 0.3 is 0 Å². The summed E-state index contributed by atoms with van der Waals surface area (Å²) in [4.78, 5) is 11.7. The Morgan fingerprint density at radius 3 is 2.85 bits per heavy atom. The number of hydrogen-bond donors (Lipinski definition) is 2. The molecule has 1 aromatic rings. The van der Waals surface area contributed by atoms with Crippen molar-refractivity contribution in [1.82, 2.24) is 5.32 Å². The number of nitrogens with one attached hydrogen (secondary N) is 1. The molecule has 4 nitrogen and oxygen atoms in total. The summed E-state index contributed by atoms with van der Waals surface area (Å²) in [6.45, 7) is 0.684. The number of carbonyl (C=O) groups is 1. The van der Waals surface area contributed by atoms with E-state index in [1.807, 2.05) is 24.3 Å². The molecule has 0 aromatic heterocycles. The Bertz CT molecular complexity index is 458. The van der Waals surface area contributed by atoms with Crippen LogP contribution in [0.5, 0.6) is 5.75 Å². The average molecular weight is 342 g/mol. The molecule has 1 amide bonds. The van der Waals surface area contributed by atoms with Gasteiger partial charge in [0, 0.05) is 11.0 Å². The van der Waals surface area contributed by atoms with E-state index in [1.54, 1.807) is 0 Å². The zero-order chi connectivity index (χ0) is 14.4. The van der Waals surface area contributed by atoms with Gasteiger partial charge in [-0.05, 0) is 31.0 Å². The number of hydrogen-bond acceptors (Lipinski definition) is 3. The molecule has 0 heterocycles. The summed E-state index contributed by atoms with van der Waals surface area (Å²) in [6, 6.07) is 7.51. The van der Waals surface area contributed by atoms with Crippen molar-refractivity contribution in [3.8, 4) is 5.75 Å². The Kier molecular flexibility index (Phi) is 5.43. The fraction of sp³-hybridized carbons (Fsp3) is 0.533. The van der Waals surface area contributed by atoms with E-state index in [9.17, 15) is 9.90 Å². The number of aliphatic hydroxyl groups is 1. The molecule has 1 saturated carbocycles. The van der Waals surface area contributed by atoms with Crippen LogP contribution >= 0.6 is 15.9 Å². The second-order valence-corrected chi connectivity index (χ2v) is 6.18. The molecule has 1 fully saturated rings. The summed E-state index contributed by atoms with van der Waals surface area (Å²) in [5, 5.41) is 12.9. The summed E-state index contributed by atoms with van der Waals surface area (Å²) >= 11 is 3.36. The Morgan fingerprint density at radius 2 is 2.15 bits per heavy atom. The largest absolute Gasteiger partial charge is 0.493 e. The minimum absolute atomic E-state index is 0.0830. The predicted octanol–water partition coefficient (Wildman–Crippen LogP) is 2.64. The van der Waals surface area contributed by atoms with Crippen LogP contribution in [0.3, 0.4) is 0 Å². The van der Waals surface area contributed by atoms with Crippen LogP contribution in [0.2, 0.25) is 0 Å². The van der Waals surface area contributed by atoms with Crippen molar-refractivity contribution < 1.29 is 14.6 Å². The van der Waals surface area contributed by atoms with Crippen molar-refractivity contribution in [2.24, 2.45) is 0 Å². The zero-order valence-corrected chi connectivity index (χ0v) is 13.0. The maximum Gasteiger partial charge on any atom is 0.223 e. The van der Waals surface area contributed by atoms with Gasteiger partial charge in [0.25, 0.3) is 0 Å². The van der Waals surface area contributed by atoms with Crippen LogP contribution < -0.4 is 10.1 Å². The molecule has 2 rings (SSSR count). The van der Waals surface area contributed by atoms with Crippen LogP contribution in [0.4, 0.5) is 0 Å². The fourth-order valence-electron chi connectivity index (χ4n) is 2.38. The van der Waals surface area contributed by atoms with Gasteiger partial charge in [-0.3, -0.25) is 4.79 Å². The topological polar surface area (TPSA) is 58.6 Å². The van der Waals surface area contributed by atoms with E-state index >= 15 is 0 Å². The van der Waals surface area contributed by atoms with Crippen molar-refractivity contribution in [3.05, 3.63) is 28.7 Å². The minimum atomic E-state index is -0.694. The maximum atomic E-state index is 11.7. The molecule has 0 atom stereocenters. The lowest BCUT2D eigenvalue weighted by Gasteiger charge is -2.22. The highest BCUT2D eigenvalue weighted by Gasteiger charge is 2.31. The van der Waals surface area contributed by atoms with E-state index in [0.29, 0.717) is 19.6 Å². The van der Waals surface area contributed by atoms with Crippen LogP contribution in [0.25, 0.3) is 0 Å². The third kappa shape index (κ3) is 4.80. The van der Waals surface area contributed by atoms with E-state index in [4.69, 9.17) is 4.74 Å². The molecule has 5 heteroatoms. The van der Waals surface area contributed by atoms with Crippen LogP contribution in [-0.2, 0) is 4.79 Å². The summed E-state index contributed by atoms with van der Waals surface area (Å²) in [5.74, 6) is 0.655. The Hall–Kier alpha value is -1.07. The molecule has 0 bridgehead atoms. The number of rotatable bonds is 6. The zero-order valence-electron chi connectivity index (χ0n) is 11.4. The van der Waals surface area contributed by atoms with Crippen molar-refractivity contribution >= 4 is 21.8 Å². The summed E-state index contributed by atoms with van der Waals surface area (Å²) in [7, 11) is 0. The molecule has 0 saturated heterocycles. The maximum absolute atomic E-state index is 11.7. The molecular weight excluding hydrogens is 322 g/mol. The van der Waals surface area contributed by atoms with Gasteiger partial charge in [0.1, 0.15) is 5.75 Å². The predicted molar refractivity (Wildman–Crippen MR) is 80.7 cm³/mol. The van der Waals surface area contributed by atoms with Gasteiger partial charge in [0.2, 0.25) is 5.91 Å². The lowest BCUT2D eigenvalue weighted by atomic mass is 10.0. The lowest BCUT2D eigenvalue weighted by Crippen LogP contribution is -2.41. The molecular formula is C15H20BrNO3. The first-order chi connectivity index (χ1) is 9.57. The van der Waals surface area contributed by atoms with E-state index in [1.165, 1.54) is 0 Å². The molecule has 0 aliphatic heterocycles. The number of benzene rings is 1. The second-order valence-electron chi connectivity index (χ2n) is 5.26. The highest BCUT2D eigenvalue weighted by molar-refractivity contribution is 9.10. The fourth-order valence-corrected chi connectivity index (χ4v) is 2.76. The van der Waals surface area contributed by atoms with E-state index in [-0.39, 0.29) is 5.91 Å². The first-order valence-electron chi connectivity index (χ1n) is 6.95. The molecule has 1 aliphatic carbocycles. The molecule has 110 valence electrons. The second kappa shape index (κ2) is 7.09. The van der Waals surface area contributed by atoms with E-state index < -0.39 is 5.60 Å². The Labute approximate surface area is 127 Å². The molecule has 0 spiro atoms. The van der Waals surface area contributed by atoms with Crippen LogP contribution in [0.1, 0.15) is 32.1 Å². The first-order valence-corrected chi connectivity index (χ1v) is 7.74. The standard InChI is InChI=1S/C15H20BrNO3/c16-12-4-3-5-13(10-12)20-9-6-14(18)17-11-15(19)7-1-2-8-15/h3-5,10,19H,1-2,6-9,11H2,(H,17,18). The monoisotopic (exact) mass is 341 g/mol. The molecule has 1 aromatic carbocycles. The van der Waals surface area contributed by atoms with Crippen molar-refractivity contribution in [2.45, 2.75) is 37.7 Å². The number of amides is 1. The smallest absolute Gasteiger partial charge is 0.223 e. The lowest BCUT2D eigenvalue weighted by molar-refractivity contribution is -0.122. The summed E-state index contributed by atoms with van der Waals surface area (Å²) in [5.41, 5.74) is -0.694.